The maximum atomic E-state index is 5.92. The van der Waals surface area contributed by atoms with Gasteiger partial charge in [0.05, 0.1) is 17.2 Å². The average molecular weight is 375 g/mol. The van der Waals surface area contributed by atoms with E-state index in [-0.39, 0.29) is 0 Å². The fraction of sp³-hybridized carbons (Fsp3) is 0.278. The highest BCUT2D eigenvalue weighted by atomic mass is 35.5. The Hall–Kier alpha value is -2.02. The molecule has 0 bridgehead atoms. The minimum absolute atomic E-state index is 0.401. The molecule has 0 amide bonds. The van der Waals surface area contributed by atoms with Crippen molar-refractivity contribution in [2.75, 3.05) is 12.4 Å². The lowest BCUT2D eigenvalue weighted by atomic mass is 10.2. The number of aryl methyl sites for hydroxylation is 1. The van der Waals surface area contributed by atoms with Crippen LogP contribution in [0.25, 0.3) is 0 Å². The SMILES string of the molecule is COCc1nc(C)cc(NCc2csc(Cc3ccc(Cl)cc3)n2)n1. The largest absolute Gasteiger partial charge is 0.377 e. The molecule has 0 atom stereocenters. The van der Waals surface area contributed by atoms with Gasteiger partial charge in [-0.05, 0) is 24.6 Å². The first-order valence-corrected chi connectivity index (χ1v) is 9.13. The van der Waals surface area contributed by atoms with Gasteiger partial charge in [0.25, 0.3) is 0 Å². The van der Waals surface area contributed by atoms with Gasteiger partial charge in [-0.1, -0.05) is 23.7 Å². The molecule has 7 heteroatoms. The van der Waals surface area contributed by atoms with Crippen LogP contribution in [0.1, 0.15) is 27.8 Å². The number of benzene rings is 1. The first-order chi connectivity index (χ1) is 12.1. The van der Waals surface area contributed by atoms with E-state index in [9.17, 15) is 0 Å². The van der Waals surface area contributed by atoms with Crippen LogP contribution in [-0.4, -0.2) is 22.1 Å². The van der Waals surface area contributed by atoms with Crippen LogP contribution in [-0.2, 0) is 24.3 Å². The fourth-order valence-electron chi connectivity index (χ4n) is 2.38. The average Bonchev–Trinajstić information content (AvgIpc) is 3.02. The van der Waals surface area contributed by atoms with Crippen molar-refractivity contribution >= 4 is 28.8 Å². The Labute approximate surface area is 156 Å². The number of nitrogens with one attached hydrogen (secondary N) is 1. The van der Waals surface area contributed by atoms with E-state index >= 15 is 0 Å². The molecule has 1 N–H and O–H groups in total. The number of ether oxygens (including phenoxy) is 1. The number of hydrogen-bond donors (Lipinski definition) is 1. The third-order valence-electron chi connectivity index (χ3n) is 3.49. The maximum absolute atomic E-state index is 5.92. The summed E-state index contributed by atoms with van der Waals surface area (Å²) in [6.07, 6.45) is 0.812. The Balaban J connectivity index is 1.61. The number of methoxy groups -OCH3 is 1. The van der Waals surface area contributed by atoms with E-state index < -0.39 is 0 Å². The number of thiazole rings is 1. The number of halogens is 1. The van der Waals surface area contributed by atoms with Gasteiger partial charge in [0, 0.05) is 35.7 Å². The molecule has 2 aromatic heterocycles. The molecule has 0 aliphatic heterocycles. The zero-order valence-electron chi connectivity index (χ0n) is 14.1. The maximum Gasteiger partial charge on any atom is 0.156 e. The van der Waals surface area contributed by atoms with Crippen molar-refractivity contribution in [1.29, 1.82) is 0 Å². The van der Waals surface area contributed by atoms with Gasteiger partial charge >= 0.3 is 0 Å². The highest BCUT2D eigenvalue weighted by molar-refractivity contribution is 7.09. The molecule has 0 saturated heterocycles. The molecule has 0 aliphatic carbocycles. The van der Waals surface area contributed by atoms with E-state index in [4.69, 9.17) is 16.3 Å². The first-order valence-electron chi connectivity index (χ1n) is 7.87. The lowest BCUT2D eigenvalue weighted by Crippen LogP contribution is -2.06. The van der Waals surface area contributed by atoms with Gasteiger partial charge in [-0.3, -0.25) is 0 Å². The summed E-state index contributed by atoms with van der Waals surface area (Å²) in [6, 6.07) is 9.79. The van der Waals surface area contributed by atoms with Gasteiger partial charge in [-0.15, -0.1) is 11.3 Å². The lowest BCUT2D eigenvalue weighted by molar-refractivity contribution is 0.177. The Morgan fingerprint density at radius 3 is 2.72 bits per heavy atom. The predicted molar refractivity (Wildman–Crippen MR) is 101 cm³/mol. The smallest absolute Gasteiger partial charge is 0.156 e. The number of aromatic nitrogens is 3. The monoisotopic (exact) mass is 374 g/mol. The Bertz CT molecular complexity index is 835. The summed E-state index contributed by atoms with van der Waals surface area (Å²) in [5, 5.41) is 7.21. The van der Waals surface area contributed by atoms with Crippen LogP contribution in [0, 0.1) is 6.92 Å². The molecule has 0 fully saturated rings. The molecule has 0 saturated carbocycles. The van der Waals surface area contributed by atoms with Crippen molar-refractivity contribution in [2.45, 2.75) is 26.5 Å². The van der Waals surface area contributed by atoms with Crippen LogP contribution in [0.2, 0.25) is 5.02 Å². The minimum Gasteiger partial charge on any atom is -0.377 e. The van der Waals surface area contributed by atoms with E-state index in [1.165, 1.54) is 5.56 Å². The van der Waals surface area contributed by atoms with Crippen molar-refractivity contribution in [2.24, 2.45) is 0 Å². The van der Waals surface area contributed by atoms with Crippen LogP contribution >= 0.6 is 22.9 Å². The third-order valence-corrected chi connectivity index (χ3v) is 4.64. The summed E-state index contributed by atoms with van der Waals surface area (Å²) in [4.78, 5) is 13.5. The summed E-state index contributed by atoms with van der Waals surface area (Å²) in [7, 11) is 1.64. The van der Waals surface area contributed by atoms with E-state index in [0.717, 1.165) is 33.7 Å². The van der Waals surface area contributed by atoms with Gasteiger partial charge < -0.3 is 10.1 Å². The van der Waals surface area contributed by atoms with Crippen LogP contribution in [0.15, 0.2) is 35.7 Å². The zero-order valence-corrected chi connectivity index (χ0v) is 15.7. The van der Waals surface area contributed by atoms with Crippen molar-refractivity contribution < 1.29 is 4.74 Å². The Morgan fingerprint density at radius 1 is 1.16 bits per heavy atom. The highest BCUT2D eigenvalue weighted by Gasteiger charge is 2.06. The Morgan fingerprint density at radius 2 is 1.96 bits per heavy atom. The second-order valence-corrected chi connectivity index (χ2v) is 7.01. The summed E-state index contributed by atoms with van der Waals surface area (Å²) in [5.74, 6) is 1.46. The summed E-state index contributed by atoms with van der Waals surface area (Å²) in [6.45, 7) is 2.97. The number of hydrogen-bond acceptors (Lipinski definition) is 6. The van der Waals surface area contributed by atoms with Crippen LogP contribution in [0.4, 0.5) is 5.82 Å². The van der Waals surface area contributed by atoms with Crippen LogP contribution in [0.5, 0.6) is 0 Å². The summed E-state index contributed by atoms with van der Waals surface area (Å²) >= 11 is 7.58. The zero-order chi connectivity index (χ0) is 17.6. The molecule has 130 valence electrons. The van der Waals surface area contributed by atoms with E-state index in [1.807, 2.05) is 37.3 Å². The van der Waals surface area contributed by atoms with Gasteiger partial charge in [0.2, 0.25) is 0 Å². The molecule has 0 spiro atoms. The second-order valence-electron chi connectivity index (χ2n) is 5.63. The Kier molecular flexibility index (Phi) is 5.96. The van der Waals surface area contributed by atoms with Crippen molar-refractivity contribution in [3.05, 3.63) is 68.5 Å². The van der Waals surface area contributed by atoms with Gasteiger partial charge in [0.15, 0.2) is 5.82 Å². The third kappa shape index (κ3) is 5.22. The van der Waals surface area contributed by atoms with Crippen molar-refractivity contribution in [3.63, 3.8) is 0 Å². The van der Waals surface area contributed by atoms with Crippen LogP contribution in [0.3, 0.4) is 0 Å². The molecule has 0 unspecified atom stereocenters. The topological polar surface area (TPSA) is 59.9 Å². The molecule has 25 heavy (non-hydrogen) atoms. The molecule has 5 nitrogen and oxygen atoms in total. The normalized spacial score (nSPS) is 10.8. The summed E-state index contributed by atoms with van der Waals surface area (Å²) < 4.78 is 5.10. The van der Waals surface area contributed by atoms with Crippen LogP contribution < -0.4 is 5.32 Å². The predicted octanol–water partition coefficient (Wildman–Crippen LogP) is 4.24. The highest BCUT2D eigenvalue weighted by Crippen LogP contribution is 2.18. The summed E-state index contributed by atoms with van der Waals surface area (Å²) in [5.41, 5.74) is 3.11. The fourth-order valence-corrected chi connectivity index (χ4v) is 3.34. The molecule has 0 aliphatic rings. The standard InChI is InChI=1S/C18H19ClN4OS/c1-12-7-16(23-17(21-12)10-24-2)20-9-15-11-25-18(22-15)8-13-3-5-14(19)6-4-13/h3-7,11H,8-10H2,1-2H3,(H,20,21,23). The quantitative estimate of drug-likeness (QED) is 0.670. The van der Waals surface area contributed by atoms with Crippen molar-refractivity contribution in [3.8, 4) is 0 Å². The number of anilines is 1. The van der Waals surface area contributed by atoms with E-state index in [2.05, 4.69) is 25.6 Å². The first kappa shape index (κ1) is 17.8. The minimum atomic E-state index is 0.401. The van der Waals surface area contributed by atoms with E-state index in [0.29, 0.717) is 19.0 Å². The molecule has 1 aromatic carbocycles. The number of nitrogens with zero attached hydrogens (tertiary/aromatic N) is 3. The van der Waals surface area contributed by atoms with Crippen molar-refractivity contribution in [1.82, 2.24) is 15.0 Å². The molecular weight excluding hydrogens is 356 g/mol. The molecular formula is C18H19ClN4OS. The van der Waals surface area contributed by atoms with E-state index in [1.54, 1.807) is 18.4 Å². The second kappa shape index (κ2) is 8.38. The molecule has 2 heterocycles. The molecule has 3 rings (SSSR count). The van der Waals surface area contributed by atoms with Gasteiger partial charge in [0.1, 0.15) is 12.4 Å². The molecule has 3 aromatic rings. The van der Waals surface area contributed by atoms with Gasteiger partial charge in [-0.2, -0.15) is 0 Å². The number of rotatable bonds is 7. The van der Waals surface area contributed by atoms with Gasteiger partial charge in [-0.25, -0.2) is 15.0 Å². The lowest BCUT2D eigenvalue weighted by Gasteiger charge is -2.07. The molecule has 0 radical (unpaired) electrons.